The van der Waals surface area contributed by atoms with Crippen LogP contribution in [0.3, 0.4) is 0 Å². The van der Waals surface area contributed by atoms with Crippen molar-refractivity contribution in [3.8, 4) is 11.4 Å². The van der Waals surface area contributed by atoms with Crippen LogP contribution in [0.2, 0.25) is 0 Å². The zero-order valence-corrected chi connectivity index (χ0v) is 12.6. The van der Waals surface area contributed by atoms with E-state index in [1.54, 1.807) is 12.4 Å². The fraction of sp³-hybridized carbons (Fsp3) is 0.0714. The minimum atomic E-state index is -0.133. The van der Waals surface area contributed by atoms with Crippen LogP contribution in [0.5, 0.6) is 0 Å². The van der Waals surface area contributed by atoms with Gasteiger partial charge in [-0.25, -0.2) is 4.98 Å². The Morgan fingerprint density at radius 3 is 2.75 bits per heavy atom. The fourth-order valence-electron chi connectivity index (χ4n) is 1.87. The molecular formula is C14H11IN4O. The van der Waals surface area contributed by atoms with Crippen molar-refractivity contribution in [1.29, 1.82) is 0 Å². The second-order valence-electron chi connectivity index (χ2n) is 4.32. The molecule has 3 rings (SSSR count). The van der Waals surface area contributed by atoms with Crippen molar-refractivity contribution in [1.82, 2.24) is 19.7 Å². The zero-order chi connectivity index (χ0) is 13.9. The lowest BCUT2D eigenvalue weighted by atomic mass is 10.2. The minimum absolute atomic E-state index is 0.133. The first kappa shape index (κ1) is 13.0. The third-order valence-electron chi connectivity index (χ3n) is 2.85. The lowest BCUT2D eigenvalue weighted by Crippen LogP contribution is -2.11. The van der Waals surface area contributed by atoms with E-state index in [2.05, 4.69) is 15.1 Å². The summed E-state index contributed by atoms with van der Waals surface area (Å²) in [6.07, 6.45) is 5.13. The standard InChI is InChI=1S/C14H11IN4O/c15-12-7-16-13(18-14(12)20)11-6-17-19(9-11)8-10-4-2-1-3-5-10/h1-7,9H,8H2,(H,16,18,20). The number of nitrogens with one attached hydrogen (secondary N) is 1. The van der Waals surface area contributed by atoms with Crippen molar-refractivity contribution in [3.05, 3.63) is 68.4 Å². The van der Waals surface area contributed by atoms with E-state index in [9.17, 15) is 4.79 Å². The molecule has 1 aromatic carbocycles. The van der Waals surface area contributed by atoms with Gasteiger partial charge in [-0.15, -0.1) is 0 Å². The van der Waals surface area contributed by atoms with Gasteiger partial charge in [0, 0.05) is 12.4 Å². The van der Waals surface area contributed by atoms with Crippen molar-refractivity contribution in [2.75, 3.05) is 0 Å². The second-order valence-corrected chi connectivity index (χ2v) is 5.48. The Labute approximate surface area is 128 Å². The van der Waals surface area contributed by atoms with Crippen LogP contribution in [0, 0.1) is 3.57 Å². The molecule has 0 aliphatic rings. The first-order valence-corrected chi connectivity index (χ1v) is 7.12. The van der Waals surface area contributed by atoms with Gasteiger partial charge in [0.15, 0.2) is 0 Å². The summed E-state index contributed by atoms with van der Waals surface area (Å²) in [5.74, 6) is 0.537. The average molecular weight is 378 g/mol. The van der Waals surface area contributed by atoms with Crippen LogP contribution >= 0.6 is 22.6 Å². The number of H-pyrrole nitrogens is 1. The number of halogens is 1. The maximum atomic E-state index is 11.6. The van der Waals surface area contributed by atoms with Crippen molar-refractivity contribution >= 4 is 22.6 Å². The monoisotopic (exact) mass is 378 g/mol. The topological polar surface area (TPSA) is 63.6 Å². The van der Waals surface area contributed by atoms with Gasteiger partial charge in [-0.3, -0.25) is 9.48 Å². The summed E-state index contributed by atoms with van der Waals surface area (Å²) < 4.78 is 2.39. The second kappa shape index (κ2) is 5.58. The molecule has 5 nitrogen and oxygen atoms in total. The van der Waals surface area contributed by atoms with Gasteiger partial charge in [0.2, 0.25) is 0 Å². The molecule has 0 spiro atoms. The molecule has 0 radical (unpaired) electrons. The summed E-state index contributed by atoms with van der Waals surface area (Å²) >= 11 is 1.95. The Hall–Kier alpha value is -1.96. The third-order valence-corrected chi connectivity index (χ3v) is 3.62. The van der Waals surface area contributed by atoms with Crippen LogP contribution in [0.1, 0.15) is 5.56 Å². The highest BCUT2D eigenvalue weighted by atomic mass is 127. The van der Waals surface area contributed by atoms with Gasteiger partial charge in [0.25, 0.3) is 5.56 Å². The van der Waals surface area contributed by atoms with E-state index in [0.717, 1.165) is 5.56 Å². The molecule has 0 amide bonds. The maximum absolute atomic E-state index is 11.6. The molecular weight excluding hydrogens is 367 g/mol. The molecule has 0 saturated heterocycles. The summed E-state index contributed by atoms with van der Waals surface area (Å²) in [5, 5.41) is 4.29. The predicted molar refractivity (Wildman–Crippen MR) is 84.3 cm³/mol. The molecule has 2 heterocycles. The highest BCUT2D eigenvalue weighted by Gasteiger charge is 2.06. The fourth-order valence-corrected chi connectivity index (χ4v) is 2.14. The summed E-state index contributed by atoms with van der Waals surface area (Å²) in [6, 6.07) is 10.1. The van der Waals surface area contributed by atoms with Crippen LogP contribution in [-0.2, 0) is 6.54 Å². The molecule has 2 aromatic heterocycles. The van der Waals surface area contributed by atoms with E-state index in [1.165, 1.54) is 5.56 Å². The van der Waals surface area contributed by atoms with Gasteiger partial charge in [-0.1, -0.05) is 30.3 Å². The van der Waals surface area contributed by atoms with Crippen molar-refractivity contribution in [2.45, 2.75) is 6.54 Å². The summed E-state index contributed by atoms with van der Waals surface area (Å²) in [6.45, 7) is 0.690. The largest absolute Gasteiger partial charge is 0.306 e. The Morgan fingerprint density at radius 2 is 2.00 bits per heavy atom. The molecule has 0 aliphatic carbocycles. The Morgan fingerprint density at radius 1 is 1.20 bits per heavy atom. The summed E-state index contributed by atoms with van der Waals surface area (Å²) in [5.41, 5.74) is 1.84. The Kier molecular flexibility index (Phi) is 3.64. The number of hydrogen-bond acceptors (Lipinski definition) is 3. The molecule has 0 atom stereocenters. The lowest BCUT2D eigenvalue weighted by Gasteiger charge is -2.00. The van der Waals surface area contributed by atoms with Crippen molar-refractivity contribution < 1.29 is 0 Å². The van der Waals surface area contributed by atoms with Gasteiger partial charge in [0.05, 0.1) is 21.9 Å². The van der Waals surface area contributed by atoms with Gasteiger partial charge in [-0.2, -0.15) is 5.10 Å². The molecule has 0 bridgehead atoms. The van der Waals surface area contributed by atoms with E-state index in [-0.39, 0.29) is 5.56 Å². The summed E-state index contributed by atoms with van der Waals surface area (Å²) in [7, 11) is 0. The molecule has 20 heavy (non-hydrogen) atoms. The first-order valence-electron chi connectivity index (χ1n) is 6.04. The predicted octanol–water partition coefficient (Wildman–Crippen LogP) is 2.29. The molecule has 1 N–H and O–H groups in total. The van der Waals surface area contributed by atoms with E-state index < -0.39 is 0 Å². The van der Waals surface area contributed by atoms with E-state index in [1.807, 2.05) is 63.8 Å². The van der Waals surface area contributed by atoms with E-state index in [4.69, 9.17) is 0 Å². The number of aromatic amines is 1. The van der Waals surface area contributed by atoms with Crippen LogP contribution in [-0.4, -0.2) is 19.7 Å². The minimum Gasteiger partial charge on any atom is -0.306 e. The maximum Gasteiger partial charge on any atom is 0.264 e. The molecule has 0 saturated carbocycles. The summed E-state index contributed by atoms with van der Waals surface area (Å²) in [4.78, 5) is 18.5. The zero-order valence-electron chi connectivity index (χ0n) is 10.5. The number of benzene rings is 1. The molecule has 3 aromatic rings. The number of rotatable bonds is 3. The SMILES string of the molecule is O=c1[nH]c(-c2cnn(Cc3ccccc3)c2)ncc1I. The van der Waals surface area contributed by atoms with Crippen molar-refractivity contribution in [2.24, 2.45) is 0 Å². The normalized spacial score (nSPS) is 10.7. The third kappa shape index (κ3) is 2.79. The van der Waals surface area contributed by atoms with E-state index >= 15 is 0 Å². The number of nitrogens with zero attached hydrogens (tertiary/aromatic N) is 3. The Balaban J connectivity index is 1.86. The van der Waals surface area contributed by atoms with E-state index in [0.29, 0.717) is 15.9 Å². The highest BCUT2D eigenvalue weighted by molar-refractivity contribution is 14.1. The lowest BCUT2D eigenvalue weighted by molar-refractivity contribution is 0.687. The number of hydrogen-bond donors (Lipinski definition) is 1. The molecule has 100 valence electrons. The van der Waals surface area contributed by atoms with Gasteiger partial charge in [-0.05, 0) is 28.2 Å². The first-order chi connectivity index (χ1) is 9.72. The highest BCUT2D eigenvalue weighted by Crippen LogP contribution is 2.13. The smallest absolute Gasteiger partial charge is 0.264 e. The molecule has 0 fully saturated rings. The molecule has 0 unspecified atom stereocenters. The Bertz CT molecular complexity index is 779. The van der Waals surface area contributed by atoms with Gasteiger partial charge in [0.1, 0.15) is 5.82 Å². The number of aromatic nitrogens is 4. The average Bonchev–Trinajstić information content (AvgIpc) is 2.91. The van der Waals surface area contributed by atoms with Crippen molar-refractivity contribution in [3.63, 3.8) is 0 Å². The van der Waals surface area contributed by atoms with Crippen LogP contribution < -0.4 is 5.56 Å². The van der Waals surface area contributed by atoms with Crippen LogP contribution in [0.4, 0.5) is 0 Å². The van der Waals surface area contributed by atoms with Crippen LogP contribution in [0.15, 0.2) is 53.7 Å². The van der Waals surface area contributed by atoms with Gasteiger partial charge >= 0.3 is 0 Å². The quantitative estimate of drug-likeness (QED) is 0.712. The molecule has 0 aliphatic heterocycles. The molecule has 6 heteroatoms. The van der Waals surface area contributed by atoms with Crippen LogP contribution in [0.25, 0.3) is 11.4 Å². The van der Waals surface area contributed by atoms with Gasteiger partial charge < -0.3 is 4.98 Å².